The lowest BCUT2D eigenvalue weighted by Crippen LogP contribution is -2.31. The molecule has 1 aliphatic rings. The second-order valence-electron chi connectivity index (χ2n) is 5.36. The molecule has 0 radical (unpaired) electrons. The number of hydrogen-bond donors (Lipinski definition) is 2. The fraction of sp³-hybridized carbons (Fsp3) is 0.111. The number of rotatable bonds is 4. The summed E-state index contributed by atoms with van der Waals surface area (Å²) in [5.41, 5.74) is 0.880. The first kappa shape index (κ1) is 18.3. The molecule has 1 aliphatic heterocycles. The van der Waals surface area contributed by atoms with Crippen molar-refractivity contribution in [2.45, 2.75) is 6.92 Å². The monoisotopic (exact) mass is 436 g/mol. The Morgan fingerprint density at radius 3 is 2.81 bits per heavy atom. The molecule has 0 bridgehead atoms. The second-order valence-corrected chi connectivity index (χ2v) is 6.60. The van der Waals surface area contributed by atoms with Crippen LogP contribution in [0.25, 0.3) is 6.08 Å². The molecule has 1 fully saturated rings. The number of aromatic hydroxyl groups is 1. The van der Waals surface area contributed by atoms with E-state index in [1.165, 1.54) is 18.2 Å². The maximum Gasteiger partial charge on any atom is 0.281 e. The molecule has 5 nitrogen and oxygen atoms in total. The normalized spacial score (nSPS) is 15.5. The average Bonchev–Trinajstić information content (AvgIpc) is 2.87. The van der Waals surface area contributed by atoms with Gasteiger partial charge in [-0.1, -0.05) is 12.1 Å². The van der Waals surface area contributed by atoms with Crippen LogP contribution < -0.4 is 15.0 Å². The van der Waals surface area contributed by atoms with Crippen LogP contribution in [0, 0.1) is 5.82 Å². The SMILES string of the molecule is CCOc1cc(/C=C2/NC(=S)N(c3ccccc3F)C2=O)cc(Br)c1O. The molecule has 26 heavy (non-hydrogen) atoms. The largest absolute Gasteiger partial charge is 0.503 e. The van der Waals surface area contributed by atoms with Gasteiger partial charge in [-0.05, 0) is 71.0 Å². The zero-order valence-electron chi connectivity index (χ0n) is 13.6. The highest BCUT2D eigenvalue weighted by atomic mass is 79.9. The first-order chi connectivity index (χ1) is 12.4. The van der Waals surface area contributed by atoms with Crippen LogP contribution in [-0.2, 0) is 4.79 Å². The molecule has 0 atom stereocenters. The number of thiocarbonyl (C=S) groups is 1. The standard InChI is InChI=1S/C18H14BrFN2O3S/c1-2-25-15-9-10(7-11(19)16(15)23)8-13-17(24)22(18(26)21-13)14-6-4-3-5-12(14)20/h3-9,23H,2H2,1H3,(H,21,26)/b13-8+. The van der Waals surface area contributed by atoms with Gasteiger partial charge in [0.1, 0.15) is 11.5 Å². The summed E-state index contributed by atoms with van der Waals surface area (Å²) in [7, 11) is 0. The number of ether oxygens (including phenoxy) is 1. The number of anilines is 1. The van der Waals surface area contributed by atoms with Crippen molar-refractivity contribution in [3.8, 4) is 11.5 Å². The summed E-state index contributed by atoms with van der Waals surface area (Å²) in [5, 5.41) is 12.9. The third-order valence-corrected chi connectivity index (χ3v) is 4.52. The van der Waals surface area contributed by atoms with E-state index in [4.69, 9.17) is 17.0 Å². The summed E-state index contributed by atoms with van der Waals surface area (Å²) < 4.78 is 19.8. The molecule has 0 unspecified atom stereocenters. The number of nitrogens with one attached hydrogen (secondary N) is 1. The maximum atomic E-state index is 14.0. The van der Waals surface area contributed by atoms with E-state index in [1.807, 2.05) is 0 Å². The molecular formula is C18H14BrFN2O3S. The molecule has 2 aromatic rings. The zero-order chi connectivity index (χ0) is 18.8. The first-order valence-electron chi connectivity index (χ1n) is 7.69. The number of benzene rings is 2. The fourth-order valence-corrected chi connectivity index (χ4v) is 3.25. The van der Waals surface area contributed by atoms with Crippen LogP contribution in [0.2, 0.25) is 0 Å². The molecule has 3 rings (SSSR count). The molecule has 2 aromatic carbocycles. The van der Waals surface area contributed by atoms with Gasteiger partial charge in [-0.15, -0.1) is 0 Å². The molecule has 0 spiro atoms. The Labute approximate surface area is 163 Å². The molecule has 8 heteroatoms. The van der Waals surface area contributed by atoms with Crippen LogP contribution >= 0.6 is 28.1 Å². The lowest BCUT2D eigenvalue weighted by Gasteiger charge is -2.14. The number of amides is 1. The summed E-state index contributed by atoms with van der Waals surface area (Å²) in [6, 6.07) is 9.14. The number of nitrogens with zero attached hydrogens (tertiary/aromatic N) is 1. The number of phenolic OH excluding ortho intramolecular Hbond substituents is 1. The zero-order valence-corrected chi connectivity index (χ0v) is 16.0. The highest BCUT2D eigenvalue weighted by Crippen LogP contribution is 2.36. The van der Waals surface area contributed by atoms with E-state index in [9.17, 15) is 14.3 Å². The lowest BCUT2D eigenvalue weighted by atomic mass is 10.1. The third-order valence-electron chi connectivity index (χ3n) is 3.63. The topological polar surface area (TPSA) is 61.8 Å². The highest BCUT2D eigenvalue weighted by molar-refractivity contribution is 9.10. The lowest BCUT2D eigenvalue weighted by molar-refractivity contribution is -0.113. The van der Waals surface area contributed by atoms with Crippen molar-refractivity contribution in [2.24, 2.45) is 0 Å². The van der Waals surface area contributed by atoms with Crippen molar-refractivity contribution < 1.29 is 19.0 Å². The Kier molecular flexibility index (Phi) is 5.24. The molecule has 0 saturated carbocycles. The van der Waals surface area contributed by atoms with Gasteiger partial charge in [0.2, 0.25) is 0 Å². The van der Waals surface area contributed by atoms with Gasteiger partial charge in [0.05, 0.1) is 16.8 Å². The summed E-state index contributed by atoms with van der Waals surface area (Å²) in [6.45, 7) is 2.17. The predicted octanol–water partition coefficient (Wildman–Crippen LogP) is 3.95. The summed E-state index contributed by atoms with van der Waals surface area (Å²) in [5.74, 6) is -0.754. The van der Waals surface area contributed by atoms with E-state index < -0.39 is 11.7 Å². The quantitative estimate of drug-likeness (QED) is 0.561. The third kappa shape index (κ3) is 3.42. The smallest absolute Gasteiger partial charge is 0.281 e. The van der Waals surface area contributed by atoms with Crippen LogP contribution in [0.1, 0.15) is 12.5 Å². The van der Waals surface area contributed by atoms with E-state index >= 15 is 0 Å². The Balaban J connectivity index is 1.97. The Morgan fingerprint density at radius 2 is 2.12 bits per heavy atom. The number of phenols is 1. The molecule has 0 aromatic heterocycles. The average molecular weight is 437 g/mol. The summed E-state index contributed by atoms with van der Waals surface area (Å²) in [4.78, 5) is 13.8. The Morgan fingerprint density at radius 1 is 1.38 bits per heavy atom. The number of hydrogen-bond acceptors (Lipinski definition) is 4. The molecule has 134 valence electrons. The highest BCUT2D eigenvalue weighted by Gasteiger charge is 2.33. The molecule has 1 saturated heterocycles. The van der Waals surface area contributed by atoms with Crippen LogP contribution in [-0.4, -0.2) is 22.7 Å². The van der Waals surface area contributed by atoms with Crippen molar-refractivity contribution in [3.05, 3.63) is 57.9 Å². The number of carbonyl (C=O) groups is 1. The first-order valence-corrected chi connectivity index (χ1v) is 8.89. The van der Waals surface area contributed by atoms with Crippen molar-refractivity contribution in [2.75, 3.05) is 11.5 Å². The molecule has 1 amide bonds. The number of carbonyl (C=O) groups excluding carboxylic acids is 1. The minimum absolute atomic E-state index is 0.0248. The minimum Gasteiger partial charge on any atom is -0.503 e. The molecular weight excluding hydrogens is 423 g/mol. The number of para-hydroxylation sites is 1. The van der Waals surface area contributed by atoms with Gasteiger partial charge >= 0.3 is 0 Å². The van der Waals surface area contributed by atoms with Gasteiger partial charge in [0, 0.05) is 0 Å². The van der Waals surface area contributed by atoms with Gasteiger partial charge in [-0.25, -0.2) is 9.29 Å². The van der Waals surface area contributed by atoms with E-state index in [1.54, 1.807) is 31.2 Å². The summed E-state index contributed by atoms with van der Waals surface area (Å²) >= 11 is 8.43. The van der Waals surface area contributed by atoms with Crippen LogP contribution in [0.5, 0.6) is 11.5 Å². The van der Waals surface area contributed by atoms with Crippen molar-refractivity contribution >= 4 is 50.9 Å². The van der Waals surface area contributed by atoms with Crippen LogP contribution in [0.4, 0.5) is 10.1 Å². The van der Waals surface area contributed by atoms with Gasteiger partial charge < -0.3 is 15.2 Å². The molecule has 0 aliphatic carbocycles. The predicted molar refractivity (Wildman–Crippen MR) is 105 cm³/mol. The van der Waals surface area contributed by atoms with Crippen LogP contribution in [0.15, 0.2) is 46.6 Å². The van der Waals surface area contributed by atoms with Crippen molar-refractivity contribution in [1.82, 2.24) is 5.32 Å². The van der Waals surface area contributed by atoms with Gasteiger partial charge in [-0.3, -0.25) is 4.79 Å². The minimum atomic E-state index is -0.544. The van der Waals surface area contributed by atoms with E-state index in [0.717, 1.165) is 4.90 Å². The van der Waals surface area contributed by atoms with Gasteiger partial charge in [0.25, 0.3) is 5.91 Å². The van der Waals surface area contributed by atoms with Gasteiger partial charge in [-0.2, -0.15) is 0 Å². The molecule has 2 N–H and O–H groups in total. The van der Waals surface area contributed by atoms with E-state index in [-0.39, 0.29) is 28.0 Å². The van der Waals surface area contributed by atoms with Crippen LogP contribution in [0.3, 0.4) is 0 Å². The van der Waals surface area contributed by atoms with E-state index in [2.05, 4.69) is 21.2 Å². The molecule has 1 heterocycles. The number of halogens is 2. The Hall–Kier alpha value is -2.45. The van der Waals surface area contributed by atoms with Gasteiger partial charge in [0.15, 0.2) is 16.6 Å². The second kappa shape index (κ2) is 7.43. The fourth-order valence-electron chi connectivity index (χ4n) is 2.50. The maximum absolute atomic E-state index is 14.0. The van der Waals surface area contributed by atoms with E-state index in [0.29, 0.717) is 16.6 Å². The van der Waals surface area contributed by atoms with Crippen molar-refractivity contribution in [3.63, 3.8) is 0 Å². The van der Waals surface area contributed by atoms with Crippen molar-refractivity contribution in [1.29, 1.82) is 0 Å². The Bertz CT molecular complexity index is 933. The summed E-state index contributed by atoms with van der Waals surface area (Å²) in [6.07, 6.45) is 1.56.